The minimum atomic E-state index is -0.176. The summed E-state index contributed by atoms with van der Waals surface area (Å²) in [7, 11) is 0. The van der Waals surface area contributed by atoms with Crippen molar-refractivity contribution in [2.24, 2.45) is 0 Å². The van der Waals surface area contributed by atoms with Gasteiger partial charge in [0.15, 0.2) is 0 Å². The van der Waals surface area contributed by atoms with Crippen molar-refractivity contribution < 1.29 is 5.21 Å². The zero-order valence-corrected chi connectivity index (χ0v) is 7.38. The average molecular weight is 187 g/mol. The van der Waals surface area contributed by atoms with Gasteiger partial charge in [0.25, 0.3) is 5.62 Å². The molecule has 2 aromatic rings. The van der Waals surface area contributed by atoms with Crippen molar-refractivity contribution in [3.8, 4) is 11.1 Å². The molecule has 70 valence electrons. The van der Waals surface area contributed by atoms with Gasteiger partial charge in [-0.2, -0.15) is 4.73 Å². The Bertz CT molecular complexity index is 490. The average Bonchev–Trinajstić information content (AvgIpc) is 2.23. The molecule has 0 fully saturated rings. The van der Waals surface area contributed by atoms with E-state index in [9.17, 15) is 5.21 Å². The fraction of sp³-hybridized carbons (Fsp3) is 0. The second kappa shape index (κ2) is 3.33. The van der Waals surface area contributed by atoms with Crippen molar-refractivity contribution in [3.63, 3.8) is 0 Å². The van der Waals surface area contributed by atoms with Gasteiger partial charge in [0, 0.05) is 11.8 Å². The number of nitrogens with zero attached hydrogens (tertiary/aromatic N) is 2. The van der Waals surface area contributed by atoms with Gasteiger partial charge >= 0.3 is 0 Å². The van der Waals surface area contributed by atoms with Gasteiger partial charge in [0.2, 0.25) is 0 Å². The molecule has 1 heterocycles. The number of benzene rings is 1. The van der Waals surface area contributed by atoms with Gasteiger partial charge in [-0.25, -0.2) is 4.98 Å². The predicted molar refractivity (Wildman–Crippen MR) is 50.7 cm³/mol. The normalized spacial score (nSPS) is 10.0. The molecule has 2 N–H and O–H groups in total. The van der Waals surface area contributed by atoms with Gasteiger partial charge in [0.1, 0.15) is 0 Å². The second-order valence-corrected chi connectivity index (χ2v) is 2.88. The van der Waals surface area contributed by atoms with Crippen molar-refractivity contribution in [1.29, 1.82) is 5.41 Å². The molecule has 0 radical (unpaired) electrons. The molecular weight excluding hydrogens is 178 g/mol. The molecule has 0 amide bonds. The van der Waals surface area contributed by atoms with Gasteiger partial charge in [0.05, 0.1) is 6.20 Å². The van der Waals surface area contributed by atoms with Crippen LogP contribution in [0.25, 0.3) is 11.1 Å². The summed E-state index contributed by atoms with van der Waals surface area (Å²) in [5.74, 6) is 0. The minimum absolute atomic E-state index is 0.176. The maximum absolute atomic E-state index is 9.23. The summed E-state index contributed by atoms with van der Waals surface area (Å²) in [6, 6.07) is 9.57. The third-order valence-electron chi connectivity index (χ3n) is 1.91. The number of rotatable bonds is 1. The van der Waals surface area contributed by atoms with E-state index >= 15 is 0 Å². The lowest BCUT2D eigenvalue weighted by Crippen LogP contribution is -2.19. The summed E-state index contributed by atoms with van der Waals surface area (Å²) in [5, 5.41) is 16.4. The molecule has 1 aromatic carbocycles. The van der Waals surface area contributed by atoms with Gasteiger partial charge in [-0.1, -0.05) is 30.3 Å². The first kappa shape index (κ1) is 8.50. The smallest absolute Gasteiger partial charge is 0.255 e. The van der Waals surface area contributed by atoms with Crippen LogP contribution in [-0.2, 0) is 0 Å². The van der Waals surface area contributed by atoms with Crippen LogP contribution in [0.2, 0.25) is 0 Å². The van der Waals surface area contributed by atoms with Gasteiger partial charge in [-0.15, -0.1) is 0 Å². The van der Waals surface area contributed by atoms with E-state index in [2.05, 4.69) is 4.98 Å². The van der Waals surface area contributed by atoms with Crippen LogP contribution < -0.4 is 5.62 Å². The van der Waals surface area contributed by atoms with Crippen LogP contribution in [0.3, 0.4) is 0 Å². The standard InChI is InChI=1S/C10H9N3O/c11-10-12-6-9(7-13(10)14)8-4-2-1-3-5-8/h1-7,11,14H. The Kier molecular flexibility index (Phi) is 2.02. The number of aromatic nitrogens is 2. The quantitative estimate of drug-likeness (QED) is 0.660. The molecule has 0 aliphatic carbocycles. The van der Waals surface area contributed by atoms with E-state index in [1.54, 1.807) is 6.20 Å². The van der Waals surface area contributed by atoms with Crippen molar-refractivity contribution in [2.45, 2.75) is 0 Å². The zero-order valence-electron chi connectivity index (χ0n) is 7.38. The van der Waals surface area contributed by atoms with E-state index in [0.29, 0.717) is 4.73 Å². The third-order valence-corrected chi connectivity index (χ3v) is 1.91. The number of hydrogen-bond donors (Lipinski definition) is 2. The molecule has 1 aromatic heterocycles. The molecule has 0 aliphatic heterocycles. The lowest BCUT2D eigenvalue weighted by molar-refractivity contribution is 0.165. The Morgan fingerprint density at radius 2 is 1.86 bits per heavy atom. The van der Waals surface area contributed by atoms with Crippen LogP contribution in [0.1, 0.15) is 0 Å². The van der Waals surface area contributed by atoms with Crippen LogP contribution >= 0.6 is 0 Å². The Balaban J connectivity index is 2.54. The first-order chi connectivity index (χ1) is 6.77. The summed E-state index contributed by atoms with van der Waals surface area (Å²) in [5.41, 5.74) is 1.57. The summed E-state index contributed by atoms with van der Waals surface area (Å²) < 4.78 is 0.697. The highest BCUT2D eigenvalue weighted by Gasteiger charge is 1.98. The summed E-state index contributed by atoms with van der Waals surface area (Å²) in [4.78, 5) is 3.73. The van der Waals surface area contributed by atoms with Crippen LogP contribution in [-0.4, -0.2) is 14.9 Å². The van der Waals surface area contributed by atoms with Crippen LogP contribution in [0.4, 0.5) is 0 Å². The maximum atomic E-state index is 9.23. The second-order valence-electron chi connectivity index (χ2n) is 2.88. The molecule has 0 saturated carbocycles. The fourth-order valence-corrected chi connectivity index (χ4v) is 1.20. The van der Waals surface area contributed by atoms with E-state index in [4.69, 9.17) is 5.41 Å². The van der Waals surface area contributed by atoms with Crippen molar-refractivity contribution in [2.75, 3.05) is 0 Å². The van der Waals surface area contributed by atoms with E-state index in [0.717, 1.165) is 11.1 Å². The number of nitrogens with one attached hydrogen (secondary N) is 1. The minimum Gasteiger partial charge on any atom is -0.425 e. The molecule has 0 bridgehead atoms. The summed E-state index contributed by atoms with van der Waals surface area (Å²) >= 11 is 0. The maximum Gasteiger partial charge on any atom is 0.255 e. The Labute approximate surface area is 80.6 Å². The van der Waals surface area contributed by atoms with E-state index in [1.807, 2.05) is 30.3 Å². The highest BCUT2D eigenvalue weighted by molar-refractivity contribution is 5.60. The highest BCUT2D eigenvalue weighted by atomic mass is 16.5. The molecule has 2 rings (SSSR count). The number of hydrogen-bond acceptors (Lipinski definition) is 3. The van der Waals surface area contributed by atoms with Gasteiger partial charge in [-0.05, 0) is 5.56 Å². The summed E-state index contributed by atoms with van der Waals surface area (Å²) in [6.45, 7) is 0. The lowest BCUT2D eigenvalue weighted by atomic mass is 10.1. The van der Waals surface area contributed by atoms with Crippen molar-refractivity contribution in [3.05, 3.63) is 48.3 Å². The largest absolute Gasteiger partial charge is 0.425 e. The first-order valence-electron chi connectivity index (χ1n) is 4.15. The van der Waals surface area contributed by atoms with Crippen LogP contribution in [0, 0.1) is 5.41 Å². The first-order valence-corrected chi connectivity index (χ1v) is 4.15. The van der Waals surface area contributed by atoms with Crippen LogP contribution in [0.15, 0.2) is 42.7 Å². The van der Waals surface area contributed by atoms with Crippen LogP contribution in [0.5, 0.6) is 0 Å². The Hall–Kier alpha value is -2.10. The molecule has 4 heteroatoms. The monoisotopic (exact) mass is 187 g/mol. The van der Waals surface area contributed by atoms with E-state index in [-0.39, 0.29) is 5.62 Å². The SMILES string of the molecule is N=c1ncc(-c2ccccc2)cn1O. The molecule has 0 saturated heterocycles. The molecule has 14 heavy (non-hydrogen) atoms. The topological polar surface area (TPSA) is 61.9 Å². The van der Waals surface area contributed by atoms with E-state index < -0.39 is 0 Å². The van der Waals surface area contributed by atoms with Gasteiger partial charge in [-0.3, -0.25) is 5.41 Å². The molecular formula is C10H9N3O. The highest BCUT2D eigenvalue weighted by Crippen LogP contribution is 2.15. The van der Waals surface area contributed by atoms with Crippen molar-refractivity contribution in [1.82, 2.24) is 9.71 Å². The lowest BCUT2D eigenvalue weighted by Gasteiger charge is -2.01. The molecule has 0 aliphatic rings. The van der Waals surface area contributed by atoms with Crippen molar-refractivity contribution >= 4 is 0 Å². The van der Waals surface area contributed by atoms with Gasteiger partial charge < -0.3 is 5.21 Å². The molecule has 0 unspecified atom stereocenters. The fourth-order valence-electron chi connectivity index (χ4n) is 1.20. The predicted octanol–water partition coefficient (Wildman–Crippen LogP) is 1.27. The zero-order chi connectivity index (χ0) is 9.97. The molecule has 0 atom stereocenters. The Morgan fingerprint density at radius 3 is 2.50 bits per heavy atom. The van der Waals surface area contributed by atoms with E-state index in [1.165, 1.54) is 6.20 Å². The molecule has 0 spiro atoms. The Morgan fingerprint density at radius 1 is 1.14 bits per heavy atom. The summed E-state index contributed by atoms with van der Waals surface area (Å²) in [6.07, 6.45) is 3.02. The molecule has 4 nitrogen and oxygen atoms in total. The third kappa shape index (κ3) is 1.50.